The molecule has 1 N–H and O–H groups in total. The highest BCUT2D eigenvalue weighted by molar-refractivity contribution is 7.89. The molecule has 114 valence electrons. The minimum absolute atomic E-state index is 0.00507. The number of hydrogen-bond acceptors (Lipinski definition) is 5. The van der Waals surface area contributed by atoms with Crippen LogP contribution in [0.5, 0.6) is 0 Å². The molecule has 1 aliphatic heterocycles. The number of rotatable bonds is 5. The lowest BCUT2D eigenvalue weighted by Crippen LogP contribution is -2.45. The van der Waals surface area contributed by atoms with E-state index >= 15 is 0 Å². The molecule has 1 aromatic heterocycles. The van der Waals surface area contributed by atoms with Gasteiger partial charge < -0.3 is 14.4 Å². The molecule has 6 nitrogen and oxygen atoms in total. The smallest absolute Gasteiger partial charge is 0.276 e. The van der Waals surface area contributed by atoms with Gasteiger partial charge in [-0.25, -0.2) is 8.42 Å². The van der Waals surface area contributed by atoms with Crippen molar-refractivity contribution in [2.75, 3.05) is 26.7 Å². The molecule has 20 heavy (non-hydrogen) atoms. The van der Waals surface area contributed by atoms with E-state index in [9.17, 15) is 8.42 Å². The summed E-state index contributed by atoms with van der Waals surface area (Å²) in [7, 11) is -2.02. The van der Waals surface area contributed by atoms with Crippen LogP contribution >= 0.6 is 0 Å². The van der Waals surface area contributed by atoms with E-state index in [0.717, 1.165) is 32.5 Å². The predicted molar refractivity (Wildman–Crippen MR) is 74.7 cm³/mol. The Hall–Kier alpha value is -0.890. The summed E-state index contributed by atoms with van der Waals surface area (Å²) in [6.45, 7) is 4.65. The molecule has 2 heterocycles. The minimum atomic E-state index is -3.62. The molecule has 0 radical (unpaired) electrons. The molecule has 1 aromatic rings. The average Bonchev–Trinajstić information content (AvgIpc) is 2.96. The van der Waals surface area contributed by atoms with Gasteiger partial charge in [-0.1, -0.05) is 6.92 Å². The van der Waals surface area contributed by atoms with Crippen LogP contribution < -0.4 is 0 Å². The van der Waals surface area contributed by atoms with Gasteiger partial charge in [0.2, 0.25) is 5.09 Å². The largest absolute Gasteiger partial charge is 0.446 e. The van der Waals surface area contributed by atoms with Gasteiger partial charge in [0.1, 0.15) is 12.4 Å². The van der Waals surface area contributed by atoms with Gasteiger partial charge in [-0.2, -0.15) is 4.31 Å². The Balaban J connectivity index is 2.09. The van der Waals surface area contributed by atoms with Gasteiger partial charge in [0.25, 0.3) is 10.0 Å². The van der Waals surface area contributed by atoms with Crippen LogP contribution in [0.4, 0.5) is 0 Å². The first-order valence-corrected chi connectivity index (χ1v) is 8.33. The monoisotopic (exact) mass is 302 g/mol. The number of aliphatic hydroxyl groups is 1. The Bertz CT molecular complexity index is 532. The maximum Gasteiger partial charge on any atom is 0.276 e. The molecule has 0 unspecified atom stereocenters. The maximum absolute atomic E-state index is 12.4. The highest BCUT2D eigenvalue weighted by atomic mass is 32.2. The lowest BCUT2D eigenvalue weighted by atomic mass is 10.1. The zero-order valence-electron chi connectivity index (χ0n) is 11.9. The lowest BCUT2D eigenvalue weighted by molar-refractivity contribution is 0.174. The highest BCUT2D eigenvalue weighted by Crippen LogP contribution is 2.24. The van der Waals surface area contributed by atoms with Crippen LogP contribution in [-0.2, 0) is 16.6 Å². The fourth-order valence-corrected chi connectivity index (χ4v) is 3.86. The van der Waals surface area contributed by atoms with Crippen molar-refractivity contribution in [1.82, 2.24) is 9.21 Å². The summed E-state index contributed by atoms with van der Waals surface area (Å²) in [5.41, 5.74) is 0. The number of piperidine rings is 1. The third-order valence-electron chi connectivity index (χ3n) is 3.94. The number of nitrogens with zero attached hydrogens (tertiary/aromatic N) is 2. The lowest BCUT2D eigenvalue weighted by Gasteiger charge is -2.35. The molecule has 1 saturated heterocycles. The Kier molecular flexibility index (Phi) is 4.85. The Morgan fingerprint density at radius 2 is 2.05 bits per heavy atom. The van der Waals surface area contributed by atoms with Crippen LogP contribution in [0.3, 0.4) is 0 Å². The Labute approximate surface area is 120 Å². The summed E-state index contributed by atoms with van der Waals surface area (Å²) in [6.07, 6.45) is 1.66. The summed E-state index contributed by atoms with van der Waals surface area (Å²) in [5.74, 6) is 0.262. The predicted octanol–water partition coefficient (Wildman–Crippen LogP) is 0.877. The zero-order chi connectivity index (χ0) is 14.8. The normalized spacial score (nSPS) is 18.8. The van der Waals surface area contributed by atoms with E-state index in [1.54, 1.807) is 7.05 Å². The summed E-state index contributed by atoms with van der Waals surface area (Å²) in [4.78, 5) is 2.31. The van der Waals surface area contributed by atoms with Crippen LogP contribution in [0.2, 0.25) is 0 Å². The highest BCUT2D eigenvalue weighted by Gasteiger charge is 2.32. The van der Waals surface area contributed by atoms with Crippen molar-refractivity contribution in [3.8, 4) is 0 Å². The molecule has 7 heteroatoms. The SMILES string of the molecule is CCN1CCC(N(C)S(=O)(=O)c2ccc(CO)o2)CC1. The standard InChI is InChI=1S/C13H22N2O4S/c1-3-15-8-6-11(7-9-15)14(2)20(17,18)13-5-4-12(10-16)19-13/h4-5,11,16H,3,6-10H2,1-2H3. The van der Waals surface area contributed by atoms with Crippen molar-refractivity contribution in [1.29, 1.82) is 0 Å². The number of likely N-dealkylation sites (tertiary alicyclic amines) is 1. The summed E-state index contributed by atoms with van der Waals surface area (Å²) in [5, 5.41) is 8.86. The van der Waals surface area contributed by atoms with Crippen LogP contribution in [0.1, 0.15) is 25.5 Å². The van der Waals surface area contributed by atoms with E-state index in [0.29, 0.717) is 0 Å². The van der Waals surface area contributed by atoms with Crippen molar-refractivity contribution in [3.63, 3.8) is 0 Å². The van der Waals surface area contributed by atoms with Crippen molar-refractivity contribution >= 4 is 10.0 Å². The minimum Gasteiger partial charge on any atom is -0.446 e. The van der Waals surface area contributed by atoms with E-state index in [1.165, 1.54) is 16.4 Å². The van der Waals surface area contributed by atoms with Crippen LogP contribution in [-0.4, -0.2) is 55.5 Å². The third-order valence-corrected chi connectivity index (χ3v) is 5.73. The van der Waals surface area contributed by atoms with E-state index in [2.05, 4.69) is 11.8 Å². The molecule has 1 fully saturated rings. The topological polar surface area (TPSA) is 74.0 Å². The fraction of sp³-hybridized carbons (Fsp3) is 0.692. The summed E-state index contributed by atoms with van der Waals surface area (Å²) < 4.78 is 31.5. The van der Waals surface area contributed by atoms with Crippen molar-refractivity contribution in [2.24, 2.45) is 0 Å². The second kappa shape index (κ2) is 6.26. The first-order valence-electron chi connectivity index (χ1n) is 6.89. The molecule has 0 spiro atoms. The van der Waals surface area contributed by atoms with Crippen molar-refractivity contribution in [3.05, 3.63) is 17.9 Å². The van der Waals surface area contributed by atoms with Crippen molar-refractivity contribution < 1.29 is 17.9 Å². The van der Waals surface area contributed by atoms with Gasteiger partial charge >= 0.3 is 0 Å². The van der Waals surface area contributed by atoms with Gasteiger partial charge in [-0.15, -0.1) is 0 Å². The first kappa shape index (κ1) is 15.5. The maximum atomic E-state index is 12.4. The second-order valence-electron chi connectivity index (χ2n) is 5.07. The summed E-state index contributed by atoms with van der Waals surface area (Å²) >= 11 is 0. The van der Waals surface area contributed by atoms with Gasteiger partial charge in [0.05, 0.1) is 0 Å². The average molecular weight is 302 g/mol. The molecule has 0 bridgehead atoms. The van der Waals surface area contributed by atoms with E-state index in [1.807, 2.05) is 0 Å². The van der Waals surface area contributed by atoms with Gasteiger partial charge in [0.15, 0.2) is 0 Å². The third kappa shape index (κ3) is 3.06. The fourth-order valence-electron chi connectivity index (χ4n) is 2.52. The molecule has 0 aliphatic carbocycles. The quantitative estimate of drug-likeness (QED) is 0.874. The number of hydrogen-bond donors (Lipinski definition) is 1. The van der Waals surface area contributed by atoms with Crippen LogP contribution in [0.15, 0.2) is 21.6 Å². The molecule has 0 atom stereocenters. The van der Waals surface area contributed by atoms with Gasteiger partial charge in [-0.3, -0.25) is 0 Å². The van der Waals surface area contributed by atoms with Gasteiger partial charge in [-0.05, 0) is 44.6 Å². The second-order valence-corrected chi connectivity index (χ2v) is 6.99. The van der Waals surface area contributed by atoms with Crippen molar-refractivity contribution in [2.45, 2.75) is 37.5 Å². The molecule has 0 aromatic carbocycles. The van der Waals surface area contributed by atoms with E-state index in [-0.39, 0.29) is 23.5 Å². The number of furan rings is 1. The van der Waals surface area contributed by atoms with Crippen LogP contribution in [0.25, 0.3) is 0 Å². The first-order chi connectivity index (χ1) is 9.48. The number of aliphatic hydroxyl groups excluding tert-OH is 1. The molecular formula is C13H22N2O4S. The molecular weight excluding hydrogens is 280 g/mol. The summed E-state index contributed by atoms with van der Waals surface area (Å²) in [6, 6.07) is 2.89. The molecule has 1 aliphatic rings. The zero-order valence-corrected chi connectivity index (χ0v) is 12.8. The molecule has 0 amide bonds. The Morgan fingerprint density at radius 1 is 1.40 bits per heavy atom. The number of sulfonamides is 1. The van der Waals surface area contributed by atoms with Crippen LogP contribution in [0, 0.1) is 0 Å². The molecule has 0 saturated carbocycles. The van der Waals surface area contributed by atoms with E-state index in [4.69, 9.17) is 9.52 Å². The van der Waals surface area contributed by atoms with Gasteiger partial charge in [0, 0.05) is 13.1 Å². The molecule has 2 rings (SSSR count). The van der Waals surface area contributed by atoms with E-state index < -0.39 is 10.0 Å². The Morgan fingerprint density at radius 3 is 2.55 bits per heavy atom.